The number of alkyl halides is 1. The normalized spacial score (nSPS) is 31.1. The summed E-state index contributed by atoms with van der Waals surface area (Å²) in [5.41, 5.74) is 0. The highest BCUT2D eigenvalue weighted by Crippen LogP contribution is 2.33. The maximum absolute atomic E-state index is 6.15. The molecule has 0 heterocycles. The SMILES string of the molecule is CSCCCC1CCCC1Cl. The molecule has 0 saturated heterocycles. The second-order valence-corrected chi connectivity index (χ2v) is 4.89. The van der Waals surface area contributed by atoms with Gasteiger partial charge in [0.05, 0.1) is 0 Å². The summed E-state index contributed by atoms with van der Waals surface area (Å²) in [4.78, 5) is 0. The quantitative estimate of drug-likeness (QED) is 0.485. The predicted octanol–water partition coefficient (Wildman–Crippen LogP) is 3.54. The Kier molecular flexibility index (Phi) is 4.70. The van der Waals surface area contributed by atoms with E-state index in [9.17, 15) is 0 Å². The molecule has 0 aromatic carbocycles. The molecule has 0 aliphatic heterocycles. The van der Waals surface area contributed by atoms with Crippen LogP contribution in [0.25, 0.3) is 0 Å². The molecule has 0 radical (unpaired) electrons. The second-order valence-electron chi connectivity index (χ2n) is 3.34. The van der Waals surface area contributed by atoms with E-state index in [0.29, 0.717) is 5.38 Å². The van der Waals surface area contributed by atoms with Crippen molar-refractivity contribution in [3.8, 4) is 0 Å². The highest BCUT2D eigenvalue weighted by Gasteiger charge is 2.24. The number of hydrogen-bond donors (Lipinski definition) is 0. The fourth-order valence-corrected chi connectivity index (χ4v) is 2.67. The molecule has 0 aromatic rings. The Bertz CT molecular complexity index is 106. The van der Waals surface area contributed by atoms with Crippen LogP contribution in [0.5, 0.6) is 0 Å². The molecule has 0 N–H and O–H groups in total. The van der Waals surface area contributed by atoms with E-state index in [2.05, 4.69) is 6.26 Å². The van der Waals surface area contributed by atoms with Gasteiger partial charge in [0.1, 0.15) is 0 Å². The summed E-state index contributed by atoms with van der Waals surface area (Å²) in [5, 5.41) is 0.497. The molecule has 0 bridgehead atoms. The molecule has 2 unspecified atom stereocenters. The van der Waals surface area contributed by atoms with Gasteiger partial charge in [-0.15, -0.1) is 11.6 Å². The lowest BCUT2D eigenvalue weighted by Gasteiger charge is -2.11. The lowest BCUT2D eigenvalue weighted by Crippen LogP contribution is -2.06. The monoisotopic (exact) mass is 192 g/mol. The third-order valence-corrected chi connectivity index (χ3v) is 3.76. The molecule has 1 rings (SSSR count). The van der Waals surface area contributed by atoms with E-state index in [0.717, 1.165) is 5.92 Å². The minimum Gasteiger partial charge on any atom is -0.165 e. The Balaban J connectivity index is 2.05. The van der Waals surface area contributed by atoms with E-state index in [1.54, 1.807) is 0 Å². The molecule has 1 saturated carbocycles. The van der Waals surface area contributed by atoms with Gasteiger partial charge in [-0.3, -0.25) is 0 Å². The van der Waals surface area contributed by atoms with Crippen LogP contribution in [0.3, 0.4) is 0 Å². The van der Waals surface area contributed by atoms with Gasteiger partial charge < -0.3 is 0 Å². The van der Waals surface area contributed by atoms with Crippen molar-refractivity contribution < 1.29 is 0 Å². The van der Waals surface area contributed by atoms with Gasteiger partial charge in [0, 0.05) is 5.38 Å². The molecule has 66 valence electrons. The zero-order valence-electron chi connectivity index (χ0n) is 7.18. The van der Waals surface area contributed by atoms with Crippen molar-refractivity contribution in [2.45, 2.75) is 37.5 Å². The Labute approximate surface area is 79.1 Å². The van der Waals surface area contributed by atoms with Crippen molar-refractivity contribution in [3.05, 3.63) is 0 Å². The molecule has 2 heteroatoms. The van der Waals surface area contributed by atoms with Crippen LogP contribution in [0, 0.1) is 5.92 Å². The average Bonchev–Trinajstić information content (AvgIpc) is 2.37. The van der Waals surface area contributed by atoms with Crippen LogP contribution >= 0.6 is 23.4 Å². The number of thioether (sulfide) groups is 1. The summed E-state index contributed by atoms with van der Waals surface area (Å²) >= 11 is 8.09. The number of rotatable bonds is 4. The molecule has 0 amide bonds. The minimum atomic E-state index is 0.497. The van der Waals surface area contributed by atoms with Crippen LogP contribution < -0.4 is 0 Å². The van der Waals surface area contributed by atoms with Gasteiger partial charge in [0.25, 0.3) is 0 Å². The van der Waals surface area contributed by atoms with Crippen molar-refractivity contribution in [2.24, 2.45) is 5.92 Å². The predicted molar refractivity (Wildman–Crippen MR) is 54.6 cm³/mol. The van der Waals surface area contributed by atoms with Crippen LogP contribution in [0.15, 0.2) is 0 Å². The third-order valence-electron chi connectivity index (χ3n) is 2.49. The van der Waals surface area contributed by atoms with E-state index >= 15 is 0 Å². The van der Waals surface area contributed by atoms with E-state index in [1.807, 2.05) is 11.8 Å². The lowest BCUT2D eigenvalue weighted by atomic mass is 10.0. The molecule has 0 aromatic heterocycles. The first-order valence-corrected chi connectivity index (χ1v) is 6.30. The third kappa shape index (κ3) is 3.25. The highest BCUT2D eigenvalue weighted by molar-refractivity contribution is 7.98. The van der Waals surface area contributed by atoms with Crippen molar-refractivity contribution in [3.63, 3.8) is 0 Å². The summed E-state index contributed by atoms with van der Waals surface area (Å²) in [7, 11) is 0. The largest absolute Gasteiger partial charge is 0.165 e. The Hall–Kier alpha value is 0.640. The molecular weight excluding hydrogens is 176 g/mol. The van der Waals surface area contributed by atoms with Gasteiger partial charge in [-0.25, -0.2) is 0 Å². The molecule has 11 heavy (non-hydrogen) atoms. The Morgan fingerprint density at radius 3 is 2.82 bits per heavy atom. The number of hydrogen-bond acceptors (Lipinski definition) is 1. The van der Waals surface area contributed by atoms with Gasteiger partial charge in [-0.05, 0) is 43.6 Å². The van der Waals surface area contributed by atoms with Crippen molar-refractivity contribution in [1.29, 1.82) is 0 Å². The standard InChI is InChI=1S/C9H17ClS/c1-11-7-3-5-8-4-2-6-9(8)10/h8-9H,2-7H2,1H3. The summed E-state index contributed by atoms with van der Waals surface area (Å²) < 4.78 is 0. The first-order chi connectivity index (χ1) is 5.34. The topological polar surface area (TPSA) is 0 Å². The Morgan fingerprint density at radius 2 is 2.27 bits per heavy atom. The summed E-state index contributed by atoms with van der Waals surface area (Å²) in [5.74, 6) is 2.14. The number of halogens is 1. The highest BCUT2D eigenvalue weighted by atomic mass is 35.5. The second kappa shape index (κ2) is 5.31. The van der Waals surface area contributed by atoms with Gasteiger partial charge in [-0.1, -0.05) is 6.42 Å². The van der Waals surface area contributed by atoms with Crippen LogP contribution in [0.1, 0.15) is 32.1 Å². The average molecular weight is 193 g/mol. The van der Waals surface area contributed by atoms with Crippen molar-refractivity contribution in [2.75, 3.05) is 12.0 Å². The van der Waals surface area contributed by atoms with Crippen molar-refractivity contribution >= 4 is 23.4 Å². The van der Waals surface area contributed by atoms with E-state index in [1.165, 1.54) is 37.9 Å². The summed E-state index contributed by atoms with van der Waals surface area (Å²) in [6, 6.07) is 0. The van der Waals surface area contributed by atoms with Crippen LogP contribution in [-0.4, -0.2) is 17.4 Å². The maximum Gasteiger partial charge on any atom is 0.0364 e. The molecule has 0 nitrogen and oxygen atoms in total. The molecule has 2 atom stereocenters. The molecule has 1 aliphatic rings. The van der Waals surface area contributed by atoms with Crippen LogP contribution in [-0.2, 0) is 0 Å². The van der Waals surface area contributed by atoms with E-state index in [4.69, 9.17) is 11.6 Å². The maximum atomic E-state index is 6.15. The fourth-order valence-electron chi connectivity index (χ4n) is 1.81. The van der Waals surface area contributed by atoms with Gasteiger partial charge in [0.2, 0.25) is 0 Å². The van der Waals surface area contributed by atoms with Crippen molar-refractivity contribution in [1.82, 2.24) is 0 Å². The fraction of sp³-hybridized carbons (Fsp3) is 1.00. The van der Waals surface area contributed by atoms with Gasteiger partial charge in [0.15, 0.2) is 0 Å². The zero-order valence-corrected chi connectivity index (χ0v) is 8.76. The van der Waals surface area contributed by atoms with Crippen LogP contribution in [0.4, 0.5) is 0 Å². The minimum absolute atomic E-state index is 0.497. The van der Waals surface area contributed by atoms with Crippen LogP contribution in [0.2, 0.25) is 0 Å². The van der Waals surface area contributed by atoms with Gasteiger partial charge >= 0.3 is 0 Å². The Morgan fingerprint density at radius 1 is 1.45 bits per heavy atom. The lowest BCUT2D eigenvalue weighted by molar-refractivity contribution is 0.504. The zero-order chi connectivity index (χ0) is 8.10. The first-order valence-electron chi connectivity index (χ1n) is 4.47. The molecule has 1 fully saturated rings. The summed E-state index contributed by atoms with van der Waals surface area (Å²) in [6.07, 6.45) is 8.88. The van der Waals surface area contributed by atoms with E-state index < -0.39 is 0 Å². The summed E-state index contributed by atoms with van der Waals surface area (Å²) in [6.45, 7) is 0. The van der Waals surface area contributed by atoms with E-state index in [-0.39, 0.29) is 0 Å². The van der Waals surface area contributed by atoms with Gasteiger partial charge in [-0.2, -0.15) is 11.8 Å². The smallest absolute Gasteiger partial charge is 0.0364 e. The first kappa shape index (κ1) is 9.73. The molecular formula is C9H17ClS. The molecule has 1 aliphatic carbocycles. The molecule has 0 spiro atoms.